The van der Waals surface area contributed by atoms with Gasteiger partial charge in [0.2, 0.25) is 5.95 Å². The van der Waals surface area contributed by atoms with Gasteiger partial charge in [0.05, 0.1) is 6.20 Å². The maximum Gasteiger partial charge on any atom is 0.247 e. The number of aromatic nitrogens is 3. The average Bonchev–Trinajstić information content (AvgIpc) is 2.84. The third-order valence-corrected chi connectivity index (χ3v) is 4.57. The van der Waals surface area contributed by atoms with Gasteiger partial charge in [-0.1, -0.05) is 19.8 Å². The molecule has 21 heavy (non-hydrogen) atoms. The van der Waals surface area contributed by atoms with Crippen molar-refractivity contribution in [1.29, 1.82) is 0 Å². The predicted octanol–water partition coefficient (Wildman–Crippen LogP) is 1.39. The van der Waals surface area contributed by atoms with E-state index >= 15 is 0 Å². The predicted molar refractivity (Wildman–Crippen MR) is 84.8 cm³/mol. The van der Waals surface area contributed by atoms with Gasteiger partial charge in [-0.05, 0) is 19.4 Å². The van der Waals surface area contributed by atoms with Crippen LogP contribution in [-0.2, 0) is 0 Å². The lowest BCUT2D eigenvalue weighted by atomic mass is 10.2. The topological polar surface area (TPSA) is 48.4 Å². The molecule has 0 radical (unpaired) electrons. The van der Waals surface area contributed by atoms with E-state index in [1.54, 1.807) is 0 Å². The largest absolute Gasteiger partial charge is 0.353 e. The van der Waals surface area contributed by atoms with E-state index in [0.717, 1.165) is 57.6 Å². The fraction of sp³-hybridized carbons (Fsp3) is 0.800. The standard InChI is InChI=1S/C15H26N6/c1-2-19-9-11-20(12-10-19)14-13-16-18-15(17-14)21-7-5-3-4-6-8-21/h13H,2-12H2,1H3. The van der Waals surface area contributed by atoms with Crippen LogP contribution < -0.4 is 9.80 Å². The molecular weight excluding hydrogens is 264 g/mol. The number of likely N-dealkylation sites (N-methyl/N-ethyl adjacent to an activating group) is 1. The maximum absolute atomic E-state index is 4.77. The van der Waals surface area contributed by atoms with Gasteiger partial charge < -0.3 is 14.7 Å². The number of hydrogen-bond acceptors (Lipinski definition) is 6. The SMILES string of the molecule is CCN1CCN(c2cnnc(N3CCCCCC3)n2)CC1. The smallest absolute Gasteiger partial charge is 0.247 e. The first kappa shape index (κ1) is 14.5. The Labute approximate surface area is 127 Å². The highest BCUT2D eigenvalue weighted by Gasteiger charge is 2.19. The van der Waals surface area contributed by atoms with Gasteiger partial charge >= 0.3 is 0 Å². The quantitative estimate of drug-likeness (QED) is 0.838. The highest BCUT2D eigenvalue weighted by Crippen LogP contribution is 2.18. The van der Waals surface area contributed by atoms with Crippen LogP contribution in [0.1, 0.15) is 32.6 Å². The van der Waals surface area contributed by atoms with E-state index in [1.165, 1.54) is 25.7 Å². The summed E-state index contributed by atoms with van der Waals surface area (Å²) in [6.45, 7) is 9.77. The van der Waals surface area contributed by atoms with Crippen LogP contribution in [0, 0.1) is 0 Å². The first-order valence-corrected chi connectivity index (χ1v) is 8.29. The highest BCUT2D eigenvalue weighted by molar-refractivity contribution is 5.42. The Balaban J connectivity index is 1.68. The molecule has 1 aromatic heterocycles. The van der Waals surface area contributed by atoms with Crippen LogP contribution in [0.4, 0.5) is 11.8 Å². The van der Waals surface area contributed by atoms with Crippen LogP contribution in [0.5, 0.6) is 0 Å². The van der Waals surface area contributed by atoms with Crippen molar-refractivity contribution < 1.29 is 0 Å². The molecule has 0 unspecified atom stereocenters. The molecule has 3 heterocycles. The Morgan fingerprint density at radius 1 is 0.905 bits per heavy atom. The summed E-state index contributed by atoms with van der Waals surface area (Å²) >= 11 is 0. The van der Waals surface area contributed by atoms with Gasteiger partial charge in [0.15, 0.2) is 5.82 Å². The van der Waals surface area contributed by atoms with Crippen molar-refractivity contribution in [3.8, 4) is 0 Å². The zero-order chi connectivity index (χ0) is 14.5. The molecule has 1 aromatic rings. The second-order valence-corrected chi connectivity index (χ2v) is 5.94. The van der Waals surface area contributed by atoms with E-state index in [1.807, 2.05) is 6.20 Å². The Kier molecular flexibility index (Phi) is 4.85. The van der Waals surface area contributed by atoms with Crippen molar-refractivity contribution in [2.75, 3.05) is 55.6 Å². The summed E-state index contributed by atoms with van der Waals surface area (Å²) in [6, 6.07) is 0. The first-order chi connectivity index (χ1) is 10.4. The molecule has 116 valence electrons. The molecule has 0 atom stereocenters. The van der Waals surface area contributed by atoms with Crippen molar-refractivity contribution in [3.05, 3.63) is 6.20 Å². The molecule has 6 heteroatoms. The zero-order valence-corrected chi connectivity index (χ0v) is 13.0. The molecule has 3 rings (SSSR count). The third-order valence-electron chi connectivity index (χ3n) is 4.57. The number of anilines is 2. The fourth-order valence-electron chi connectivity index (χ4n) is 3.14. The van der Waals surface area contributed by atoms with Crippen LogP contribution in [0.15, 0.2) is 6.20 Å². The van der Waals surface area contributed by atoms with E-state index in [-0.39, 0.29) is 0 Å². The lowest BCUT2D eigenvalue weighted by molar-refractivity contribution is 0.270. The minimum absolute atomic E-state index is 0.812. The number of rotatable bonds is 3. The molecule has 0 N–H and O–H groups in total. The molecule has 0 aliphatic carbocycles. The Morgan fingerprint density at radius 3 is 2.29 bits per heavy atom. The van der Waals surface area contributed by atoms with Crippen LogP contribution >= 0.6 is 0 Å². The third kappa shape index (κ3) is 3.61. The van der Waals surface area contributed by atoms with Crippen molar-refractivity contribution in [1.82, 2.24) is 20.1 Å². The lowest BCUT2D eigenvalue weighted by Gasteiger charge is -2.34. The molecule has 0 saturated carbocycles. The van der Waals surface area contributed by atoms with Crippen LogP contribution in [0.3, 0.4) is 0 Å². The summed E-state index contributed by atoms with van der Waals surface area (Å²) < 4.78 is 0. The molecule has 6 nitrogen and oxygen atoms in total. The van der Waals surface area contributed by atoms with E-state index in [9.17, 15) is 0 Å². The second-order valence-electron chi connectivity index (χ2n) is 5.94. The number of piperazine rings is 1. The minimum atomic E-state index is 0.812. The van der Waals surface area contributed by atoms with Gasteiger partial charge in [-0.15, -0.1) is 5.10 Å². The van der Waals surface area contributed by atoms with E-state index < -0.39 is 0 Å². The molecule has 2 aliphatic rings. The summed E-state index contributed by atoms with van der Waals surface area (Å²) in [5.41, 5.74) is 0. The Bertz CT molecular complexity index is 436. The van der Waals surface area contributed by atoms with Gasteiger partial charge in [-0.3, -0.25) is 0 Å². The number of hydrogen-bond donors (Lipinski definition) is 0. The van der Waals surface area contributed by atoms with Crippen molar-refractivity contribution >= 4 is 11.8 Å². The summed E-state index contributed by atoms with van der Waals surface area (Å²) in [5, 5.41) is 8.45. The van der Waals surface area contributed by atoms with Gasteiger partial charge in [-0.25, -0.2) is 0 Å². The maximum atomic E-state index is 4.77. The monoisotopic (exact) mass is 290 g/mol. The molecule has 2 fully saturated rings. The molecule has 2 aliphatic heterocycles. The van der Waals surface area contributed by atoms with E-state index in [2.05, 4.69) is 31.8 Å². The molecule has 0 amide bonds. The van der Waals surface area contributed by atoms with Crippen molar-refractivity contribution in [3.63, 3.8) is 0 Å². The first-order valence-electron chi connectivity index (χ1n) is 8.29. The molecule has 0 bridgehead atoms. The van der Waals surface area contributed by atoms with Crippen LogP contribution in [-0.4, -0.2) is 65.9 Å². The van der Waals surface area contributed by atoms with Crippen LogP contribution in [0.2, 0.25) is 0 Å². The fourth-order valence-corrected chi connectivity index (χ4v) is 3.14. The molecule has 0 aromatic carbocycles. The van der Waals surface area contributed by atoms with E-state index in [0.29, 0.717) is 0 Å². The lowest BCUT2D eigenvalue weighted by Crippen LogP contribution is -2.46. The molecule has 2 saturated heterocycles. The van der Waals surface area contributed by atoms with Gasteiger partial charge in [0, 0.05) is 39.3 Å². The zero-order valence-electron chi connectivity index (χ0n) is 13.0. The normalized spacial score (nSPS) is 21.4. The number of nitrogens with zero attached hydrogens (tertiary/aromatic N) is 6. The summed E-state index contributed by atoms with van der Waals surface area (Å²) in [5.74, 6) is 1.80. The Morgan fingerprint density at radius 2 is 1.62 bits per heavy atom. The van der Waals surface area contributed by atoms with Crippen molar-refractivity contribution in [2.24, 2.45) is 0 Å². The van der Waals surface area contributed by atoms with E-state index in [4.69, 9.17) is 4.98 Å². The average molecular weight is 290 g/mol. The molecular formula is C15H26N6. The highest BCUT2D eigenvalue weighted by atomic mass is 15.4. The minimum Gasteiger partial charge on any atom is -0.353 e. The summed E-state index contributed by atoms with van der Waals surface area (Å²) in [4.78, 5) is 11.9. The van der Waals surface area contributed by atoms with Crippen molar-refractivity contribution in [2.45, 2.75) is 32.6 Å². The van der Waals surface area contributed by atoms with Gasteiger partial charge in [-0.2, -0.15) is 10.1 Å². The summed E-state index contributed by atoms with van der Waals surface area (Å²) in [6.07, 6.45) is 6.93. The molecule has 0 spiro atoms. The second kappa shape index (κ2) is 7.02. The Hall–Kier alpha value is -1.43. The summed E-state index contributed by atoms with van der Waals surface area (Å²) in [7, 11) is 0. The van der Waals surface area contributed by atoms with Gasteiger partial charge in [0.1, 0.15) is 0 Å². The van der Waals surface area contributed by atoms with Crippen LogP contribution in [0.25, 0.3) is 0 Å². The van der Waals surface area contributed by atoms with Gasteiger partial charge in [0.25, 0.3) is 0 Å².